The molecule has 0 atom stereocenters. The number of rotatable bonds is 6. The highest BCUT2D eigenvalue weighted by Gasteiger charge is 2.52. The number of anilines is 3. The molecule has 2 nitrogen and oxygen atoms in total. The molecule has 0 N–H and O–H groups in total. The van der Waals surface area contributed by atoms with Crippen molar-refractivity contribution in [2.75, 3.05) is 4.90 Å². The normalized spacial score (nSPS) is 13.9. The molecule has 1 heterocycles. The average Bonchev–Trinajstić information content (AvgIpc) is 3.93. The lowest BCUT2D eigenvalue weighted by Crippen LogP contribution is -2.32. The molecule has 0 bridgehead atoms. The molecule has 0 unspecified atom stereocenters. The summed E-state index contributed by atoms with van der Waals surface area (Å²) in [5.41, 5.74) is 19.7. The van der Waals surface area contributed by atoms with Crippen molar-refractivity contribution >= 4 is 38.6 Å². The molecule has 2 aliphatic carbocycles. The van der Waals surface area contributed by atoms with Crippen LogP contribution in [0.3, 0.4) is 0 Å². The summed E-state index contributed by atoms with van der Waals surface area (Å²) in [4.78, 5) is 2.37. The lowest BCUT2D eigenvalue weighted by molar-refractivity contribution is 0.447. The Morgan fingerprint density at radius 3 is 1.25 bits per heavy atom. The topological polar surface area (TPSA) is 12.5 Å². The zero-order chi connectivity index (χ0) is 47.4. The molecule has 1 spiro atoms. The van der Waals surface area contributed by atoms with Crippen LogP contribution in [0.5, 0.6) is 11.5 Å². The van der Waals surface area contributed by atoms with E-state index in [-0.39, 0.29) is 0 Å². The van der Waals surface area contributed by atoms with Gasteiger partial charge in [-0.05, 0) is 120 Å². The van der Waals surface area contributed by atoms with Crippen LogP contribution in [0.15, 0.2) is 273 Å². The van der Waals surface area contributed by atoms with Crippen molar-refractivity contribution in [3.8, 4) is 44.9 Å². The summed E-state index contributed by atoms with van der Waals surface area (Å²) < 4.78 is 7.18. The van der Waals surface area contributed by atoms with E-state index in [0.717, 1.165) is 44.9 Å². The number of fused-ring (bicyclic) bond motifs is 16. The van der Waals surface area contributed by atoms with E-state index >= 15 is 0 Å². The Morgan fingerprint density at radius 1 is 0.264 bits per heavy atom. The van der Waals surface area contributed by atoms with Crippen LogP contribution >= 0.6 is 0 Å². The van der Waals surface area contributed by atoms with E-state index in [0.29, 0.717) is 0 Å². The van der Waals surface area contributed by atoms with Gasteiger partial charge in [-0.2, -0.15) is 0 Å². The van der Waals surface area contributed by atoms with Gasteiger partial charge in [0.05, 0.1) is 10.8 Å². The van der Waals surface area contributed by atoms with Crippen LogP contribution in [0.4, 0.5) is 17.1 Å². The van der Waals surface area contributed by atoms with Gasteiger partial charge in [0, 0.05) is 39.0 Å². The first-order chi connectivity index (χ1) is 35.7. The first-order valence-electron chi connectivity index (χ1n) is 25.0. The zero-order valence-electron chi connectivity index (χ0n) is 39.3. The van der Waals surface area contributed by atoms with Crippen LogP contribution in [-0.2, 0) is 10.8 Å². The van der Waals surface area contributed by atoms with E-state index in [1.54, 1.807) is 0 Å². The van der Waals surface area contributed by atoms with Crippen molar-refractivity contribution in [2.45, 2.75) is 10.8 Å². The maximum absolute atomic E-state index is 7.18. The van der Waals surface area contributed by atoms with Crippen molar-refractivity contribution < 1.29 is 4.74 Å². The lowest BCUT2D eigenvalue weighted by Gasteiger charge is -2.40. The number of benzene rings is 12. The molecule has 0 amide bonds. The monoisotopic (exact) mass is 915 g/mol. The molecular weight excluding hydrogens is 871 g/mol. The molecule has 2 heteroatoms. The Kier molecular flexibility index (Phi) is 8.82. The predicted molar refractivity (Wildman–Crippen MR) is 296 cm³/mol. The lowest BCUT2D eigenvalue weighted by atomic mass is 9.65. The highest BCUT2D eigenvalue weighted by molar-refractivity contribution is 6.00. The fraction of sp³-hybridized carbons (Fsp3) is 0.0286. The fourth-order valence-corrected chi connectivity index (χ4v) is 13.0. The second kappa shape index (κ2) is 15.6. The summed E-state index contributed by atoms with van der Waals surface area (Å²) in [6.07, 6.45) is 0. The average molecular weight is 916 g/mol. The van der Waals surface area contributed by atoms with Crippen molar-refractivity contribution in [3.05, 3.63) is 317 Å². The molecule has 0 aromatic heterocycles. The van der Waals surface area contributed by atoms with E-state index in [1.165, 1.54) is 83.1 Å². The van der Waals surface area contributed by atoms with Crippen molar-refractivity contribution in [1.82, 2.24) is 0 Å². The first-order valence-corrected chi connectivity index (χ1v) is 25.0. The molecule has 1 aliphatic heterocycles. The second-order valence-corrected chi connectivity index (χ2v) is 19.5. The molecule has 3 aliphatic rings. The highest BCUT2D eigenvalue weighted by Crippen LogP contribution is 2.64. The molecule has 0 fully saturated rings. The Labute approximate surface area is 419 Å². The smallest absolute Gasteiger partial charge is 0.140 e. The van der Waals surface area contributed by atoms with Gasteiger partial charge in [-0.1, -0.05) is 231 Å². The van der Waals surface area contributed by atoms with Crippen molar-refractivity contribution in [1.29, 1.82) is 0 Å². The highest BCUT2D eigenvalue weighted by atomic mass is 16.5. The quantitative estimate of drug-likeness (QED) is 0.165. The van der Waals surface area contributed by atoms with Gasteiger partial charge >= 0.3 is 0 Å². The molecule has 0 saturated heterocycles. The molecule has 15 rings (SSSR count). The molecule has 0 saturated carbocycles. The summed E-state index contributed by atoms with van der Waals surface area (Å²) in [6.45, 7) is 0. The van der Waals surface area contributed by atoms with Crippen LogP contribution < -0.4 is 9.64 Å². The second-order valence-electron chi connectivity index (χ2n) is 19.5. The first kappa shape index (κ1) is 40.6. The SMILES string of the molecule is c1ccc(N(c2ccc(-c3ccc4c(c3)-c3ccccc3C43c4ccc5ccccc5c4Oc4c3ccc3ccccc43)cc2)c2ccc(C3(c4ccccc4)c4ccccc4-c4ccccc43)cc2)cc1. The maximum Gasteiger partial charge on any atom is 0.140 e. The van der Waals surface area contributed by atoms with E-state index in [4.69, 9.17) is 4.74 Å². The molecule has 12 aromatic rings. The van der Waals surface area contributed by atoms with Crippen LogP contribution in [0.25, 0.3) is 54.9 Å². The largest absolute Gasteiger partial charge is 0.455 e. The van der Waals surface area contributed by atoms with Gasteiger partial charge in [0.25, 0.3) is 0 Å². The minimum Gasteiger partial charge on any atom is -0.455 e. The van der Waals surface area contributed by atoms with Gasteiger partial charge in [-0.15, -0.1) is 0 Å². The number of hydrogen-bond donors (Lipinski definition) is 0. The Hall–Kier alpha value is -9.24. The standard InChI is InChI=1S/C70H45NO/c1-3-19-50(20-4-1)69(61-28-14-11-25-57(61)58-26-12-15-29-62(58)69)51-36-40-54(41-37-51)71(52-21-5-2-6-22-52)53-38-31-46(32-39-53)49-35-42-64-60(45-49)59-27-13-16-30-63(59)70(64)65-43-33-47-17-7-9-23-55(47)67(65)72-68-56-24-10-8-18-48(56)34-44-66(68)70/h1-45H. The molecular formula is C70H45NO. The van der Waals surface area contributed by atoms with Crippen LogP contribution in [0, 0.1) is 0 Å². The summed E-state index contributed by atoms with van der Waals surface area (Å²) >= 11 is 0. The summed E-state index contributed by atoms with van der Waals surface area (Å²) in [5.74, 6) is 1.86. The van der Waals surface area contributed by atoms with E-state index in [1.807, 2.05) is 0 Å². The third kappa shape index (κ3) is 5.60. The summed E-state index contributed by atoms with van der Waals surface area (Å²) in [6, 6.07) is 101. The summed E-state index contributed by atoms with van der Waals surface area (Å²) in [5, 5.41) is 4.58. The van der Waals surface area contributed by atoms with Crippen LogP contribution in [0.2, 0.25) is 0 Å². The fourth-order valence-electron chi connectivity index (χ4n) is 13.0. The van der Waals surface area contributed by atoms with Crippen LogP contribution in [0.1, 0.15) is 44.5 Å². The molecule has 0 radical (unpaired) electrons. The van der Waals surface area contributed by atoms with Gasteiger partial charge in [-0.3, -0.25) is 0 Å². The van der Waals surface area contributed by atoms with Crippen molar-refractivity contribution in [2.24, 2.45) is 0 Å². The number of hydrogen-bond acceptors (Lipinski definition) is 2. The van der Waals surface area contributed by atoms with Crippen LogP contribution in [-0.4, -0.2) is 0 Å². The van der Waals surface area contributed by atoms with E-state index in [2.05, 4.69) is 278 Å². The van der Waals surface area contributed by atoms with Gasteiger partial charge in [0.15, 0.2) is 0 Å². The molecule has 336 valence electrons. The van der Waals surface area contributed by atoms with E-state index < -0.39 is 10.8 Å². The third-order valence-electron chi connectivity index (χ3n) is 16.0. The molecule has 12 aromatic carbocycles. The minimum atomic E-state index is -0.581. The van der Waals surface area contributed by atoms with Gasteiger partial charge in [0.1, 0.15) is 11.5 Å². The van der Waals surface area contributed by atoms with Gasteiger partial charge in [0.2, 0.25) is 0 Å². The summed E-state index contributed by atoms with van der Waals surface area (Å²) in [7, 11) is 0. The predicted octanol–water partition coefficient (Wildman–Crippen LogP) is 18.0. The van der Waals surface area contributed by atoms with Gasteiger partial charge < -0.3 is 9.64 Å². The van der Waals surface area contributed by atoms with Gasteiger partial charge in [-0.25, -0.2) is 0 Å². The number of para-hydroxylation sites is 1. The van der Waals surface area contributed by atoms with Crippen molar-refractivity contribution in [3.63, 3.8) is 0 Å². The van der Waals surface area contributed by atoms with E-state index in [9.17, 15) is 0 Å². The zero-order valence-corrected chi connectivity index (χ0v) is 39.3. The minimum absolute atomic E-state index is 0.456. The maximum atomic E-state index is 7.18. The number of nitrogens with zero attached hydrogens (tertiary/aromatic N) is 1. The molecule has 72 heavy (non-hydrogen) atoms. The Bertz CT molecular complexity index is 3990. The third-order valence-corrected chi connectivity index (χ3v) is 16.0. The Morgan fingerprint density at radius 2 is 0.667 bits per heavy atom. The number of ether oxygens (including phenoxy) is 1. The Balaban J connectivity index is 0.848.